The Kier molecular flexibility index (Phi) is 4.39. The molecule has 0 N–H and O–H groups in total. The smallest absolute Gasteiger partial charge is 0.206 e. The summed E-state index contributed by atoms with van der Waals surface area (Å²) in [5, 5.41) is 4.40. The van der Waals surface area contributed by atoms with Crippen LogP contribution in [0.3, 0.4) is 0 Å². The first-order valence-electron chi connectivity index (χ1n) is 8.68. The molecule has 0 aliphatic rings. The number of thiophene rings is 1. The Morgan fingerprint density at radius 2 is 2.00 bits per heavy atom. The molecule has 0 amide bonds. The van der Waals surface area contributed by atoms with Crippen LogP contribution >= 0.6 is 11.3 Å². The molecule has 0 aliphatic heterocycles. The summed E-state index contributed by atoms with van der Waals surface area (Å²) in [6.07, 6.45) is 3.41. The lowest BCUT2D eigenvalue weighted by Crippen LogP contribution is -2.06. The summed E-state index contributed by atoms with van der Waals surface area (Å²) in [6, 6.07) is 7.51. The number of Topliss-reactive ketones (excluding diaryl/α,β-unsaturated/α-hetero) is 1. The van der Waals surface area contributed by atoms with Crippen LogP contribution in [0, 0.1) is 13.8 Å². The number of benzene rings is 1. The van der Waals surface area contributed by atoms with Crippen LogP contribution in [0.2, 0.25) is 0 Å². The number of methoxy groups -OCH3 is 1. The van der Waals surface area contributed by atoms with E-state index in [0.29, 0.717) is 38.5 Å². The zero-order valence-corrected chi connectivity index (χ0v) is 16.7. The van der Waals surface area contributed by atoms with E-state index >= 15 is 0 Å². The van der Waals surface area contributed by atoms with Gasteiger partial charge in [-0.1, -0.05) is 12.1 Å². The molecular formula is C21H18N2O4S. The maximum absolute atomic E-state index is 12.9. The van der Waals surface area contributed by atoms with E-state index in [1.807, 2.05) is 31.2 Å². The molecule has 0 saturated heterocycles. The first kappa shape index (κ1) is 18.2. The maximum Gasteiger partial charge on any atom is 0.206 e. The average Bonchev–Trinajstić information content (AvgIpc) is 3.29. The lowest BCUT2D eigenvalue weighted by Gasteiger charge is -2.07. The van der Waals surface area contributed by atoms with E-state index in [2.05, 4.69) is 5.10 Å². The van der Waals surface area contributed by atoms with Crippen molar-refractivity contribution < 1.29 is 13.9 Å². The van der Waals surface area contributed by atoms with Gasteiger partial charge in [-0.15, -0.1) is 11.3 Å². The lowest BCUT2D eigenvalue weighted by atomic mass is 10.1. The highest BCUT2D eigenvalue weighted by Crippen LogP contribution is 2.34. The van der Waals surface area contributed by atoms with E-state index in [4.69, 9.17) is 9.15 Å². The molecule has 0 atom stereocenters. The van der Waals surface area contributed by atoms with Gasteiger partial charge >= 0.3 is 0 Å². The van der Waals surface area contributed by atoms with Crippen molar-refractivity contribution in [2.24, 2.45) is 0 Å². The Labute approximate surface area is 165 Å². The minimum Gasteiger partial charge on any atom is -0.494 e. The molecule has 7 heteroatoms. The second-order valence-corrected chi connectivity index (χ2v) is 7.70. The average molecular weight is 394 g/mol. The fraction of sp³-hybridized carbons (Fsp3) is 0.190. The van der Waals surface area contributed by atoms with Crippen LogP contribution in [-0.2, 0) is 0 Å². The molecule has 6 nitrogen and oxygen atoms in total. The summed E-state index contributed by atoms with van der Waals surface area (Å²) in [6.45, 7) is 5.03. The molecule has 142 valence electrons. The van der Waals surface area contributed by atoms with Gasteiger partial charge < -0.3 is 9.15 Å². The zero-order valence-electron chi connectivity index (χ0n) is 15.9. The second kappa shape index (κ2) is 6.76. The van der Waals surface area contributed by atoms with Crippen molar-refractivity contribution in [3.8, 4) is 22.8 Å². The monoisotopic (exact) mass is 394 g/mol. The molecular weight excluding hydrogens is 376 g/mol. The van der Waals surface area contributed by atoms with Gasteiger partial charge in [-0.3, -0.25) is 9.59 Å². The van der Waals surface area contributed by atoms with Crippen molar-refractivity contribution in [1.29, 1.82) is 0 Å². The Morgan fingerprint density at radius 1 is 1.25 bits per heavy atom. The van der Waals surface area contributed by atoms with Crippen LogP contribution in [0.25, 0.3) is 27.3 Å². The van der Waals surface area contributed by atoms with Crippen LogP contribution in [-0.4, -0.2) is 22.7 Å². The number of hydrogen-bond donors (Lipinski definition) is 0. The Balaban J connectivity index is 1.92. The SMILES string of the molecule is COc1ccccc1-n1cc(-c2oc3c(C(C)=O)c(C)sc3c(=O)c2C)cn1. The van der Waals surface area contributed by atoms with Gasteiger partial charge in [0.2, 0.25) is 5.43 Å². The molecule has 0 saturated carbocycles. The van der Waals surface area contributed by atoms with Gasteiger partial charge in [0.05, 0.1) is 24.4 Å². The summed E-state index contributed by atoms with van der Waals surface area (Å²) in [7, 11) is 1.60. The summed E-state index contributed by atoms with van der Waals surface area (Å²) < 4.78 is 13.6. The first-order chi connectivity index (χ1) is 13.4. The van der Waals surface area contributed by atoms with E-state index in [0.717, 1.165) is 10.6 Å². The van der Waals surface area contributed by atoms with Crippen molar-refractivity contribution in [1.82, 2.24) is 9.78 Å². The van der Waals surface area contributed by atoms with E-state index < -0.39 is 0 Å². The summed E-state index contributed by atoms with van der Waals surface area (Å²) in [5.41, 5.74) is 2.61. The molecule has 3 aromatic heterocycles. The van der Waals surface area contributed by atoms with E-state index in [1.54, 1.807) is 31.1 Å². The molecule has 0 bridgehead atoms. The third-order valence-electron chi connectivity index (χ3n) is 4.66. The molecule has 0 spiro atoms. The predicted molar refractivity (Wildman–Crippen MR) is 109 cm³/mol. The van der Waals surface area contributed by atoms with E-state index in [1.165, 1.54) is 18.3 Å². The van der Waals surface area contributed by atoms with Crippen molar-refractivity contribution in [3.63, 3.8) is 0 Å². The van der Waals surface area contributed by atoms with Crippen LogP contribution < -0.4 is 10.2 Å². The van der Waals surface area contributed by atoms with Crippen molar-refractivity contribution in [3.05, 3.63) is 62.9 Å². The highest BCUT2D eigenvalue weighted by Gasteiger charge is 2.22. The predicted octanol–water partition coefficient (Wildman–Crippen LogP) is 4.54. The third-order valence-corrected chi connectivity index (χ3v) is 5.75. The number of rotatable bonds is 4. The number of ketones is 1. The van der Waals surface area contributed by atoms with Gasteiger partial charge in [-0.25, -0.2) is 4.68 Å². The van der Waals surface area contributed by atoms with E-state index in [-0.39, 0.29) is 11.2 Å². The first-order valence-corrected chi connectivity index (χ1v) is 9.50. The lowest BCUT2D eigenvalue weighted by molar-refractivity contribution is 0.101. The number of nitrogens with zero attached hydrogens (tertiary/aromatic N) is 2. The Morgan fingerprint density at radius 3 is 2.71 bits per heavy atom. The Bertz CT molecular complexity index is 1280. The number of ether oxygens (including phenoxy) is 1. The maximum atomic E-state index is 12.9. The number of hydrogen-bond acceptors (Lipinski definition) is 6. The molecule has 0 aliphatic carbocycles. The van der Waals surface area contributed by atoms with Gasteiger partial charge in [0.25, 0.3) is 0 Å². The fourth-order valence-corrected chi connectivity index (χ4v) is 4.42. The summed E-state index contributed by atoms with van der Waals surface area (Å²) in [4.78, 5) is 25.7. The molecule has 4 aromatic rings. The number of para-hydroxylation sites is 2. The largest absolute Gasteiger partial charge is 0.494 e. The van der Waals surface area contributed by atoms with Gasteiger partial charge in [0.15, 0.2) is 11.4 Å². The van der Waals surface area contributed by atoms with Gasteiger partial charge in [-0.05, 0) is 32.9 Å². The van der Waals surface area contributed by atoms with Crippen molar-refractivity contribution >= 4 is 27.4 Å². The third kappa shape index (κ3) is 2.75. The number of carbonyl (C=O) groups is 1. The topological polar surface area (TPSA) is 74.3 Å². The highest BCUT2D eigenvalue weighted by molar-refractivity contribution is 7.19. The van der Waals surface area contributed by atoms with Gasteiger partial charge in [-0.2, -0.15) is 5.10 Å². The number of aromatic nitrogens is 2. The molecule has 0 unspecified atom stereocenters. The highest BCUT2D eigenvalue weighted by atomic mass is 32.1. The van der Waals surface area contributed by atoms with Crippen LogP contribution in [0.1, 0.15) is 27.7 Å². The molecule has 28 heavy (non-hydrogen) atoms. The van der Waals surface area contributed by atoms with Crippen LogP contribution in [0.5, 0.6) is 5.75 Å². The second-order valence-electron chi connectivity index (χ2n) is 6.48. The molecule has 1 aromatic carbocycles. The van der Waals surface area contributed by atoms with Crippen LogP contribution in [0.15, 0.2) is 45.9 Å². The molecule has 4 rings (SSSR count). The van der Waals surface area contributed by atoms with E-state index in [9.17, 15) is 9.59 Å². The Hall–Kier alpha value is -3.19. The summed E-state index contributed by atoms with van der Waals surface area (Å²) >= 11 is 1.29. The van der Waals surface area contributed by atoms with Gasteiger partial charge in [0, 0.05) is 16.6 Å². The zero-order chi connectivity index (χ0) is 20.0. The number of fused-ring (bicyclic) bond motifs is 1. The molecule has 0 fully saturated rings. The number of aryl methyl sites for hydroxylation is 1. The molecule has 0 radical (unpaired) electrons. The van der Waals surface area contributed by atoms with Crippen molar-refractivity contribution in [2.45, 2.75) is 20.8 Å². The summed E-state index contributed by atoms with van der Waals surface area (Å²) in [5.74, 6) is 0.975. The standard InChI is InChI=1S/C21H18N2O4S/c1-11-18(25)21-20(17(12(2)24)13(3)28-21)27-19(11)14-9-22-23(10-14)15-7-5-6-8-16(15)26-4/h5-10H,1-4H3. The van der Waals surface area contributed by atoms with Crippen LogP contribution in [0.4, 0.5) is 0 Å². The molecule has 3 heterocycles. The van der Waals surface area contributed by atoms with Crippen molar-refractivity contribution in [2.75, 3.05) is 7.11 Å². The van der Waals surface area contributed by atoms with Gasteiger partial charge in [0.1, 0.15) is 21.9 Å². The minimum absolute atomic E-state index is 0.119. The fourth-order valence-electron chi connectivity index (χ4n) is 3.30. The minimum atomic E-state index is -0.123. The quantitative estimate of drug-likeness (QED) is 0.475. The number of carbonyl (C=O) groups excluding carboxylic acids is 1. The normalized spacial score (nSPS) is 11.1.